The van der Waals surface area contributed by atoms with Gasteiger partial charge in [-0.05, 0) is 77.5 Å². The summed E-state index contributed by atoms with van der Waals surface area (Å²) in [6, 6.07) is 5.53. The van der Waals surface area contributed by atoms with E-state index in [1.54, 1.807) is 26.8 Å². The van der Waals surface area contributed by atoms with Crippen LogP contribution in [0.15, 0.2) is 18.2 Å². The summed E-state index contributed by atoms with van der Waals surface area (Å²) in [6.45, 7) is 12.1. The minimum absolute atomic E-state index is 0.0247. The van der Waals surface area contributed by atoms with Crippen LogP contribution in [-0.4, -0.2) is 54.8 Å². The van der Waals surface area contributed by atoms with Crippen molar-refractivity contribution in [3.63, 3.8) is 0 Å². The summed E-state index contributed by atoms with van der Waals surface area (Å²) >= 11 is 0. The molecular formula is C23H36N2O4S. The first-order valence-electron chi connectivity index (χ1n) is 10.7. The second-order valence-corrected chi connectivity index (χ2v) is 12.4. The van der Waals surface area contributed by atoms with Crippen LogP contribution in [0.5, 0.6) is 0 Å². The molecule has 30 heavy (non-hydrogen) atoms. The molecule has 0 unspecified atom stereocenters. The number of nitrogens with one attached hydrogen (secondary N) is 1. The minimum atomic E-state index is -3.15. The minimum Gasteiger partial charge on any atom is -0.350 e. The number of amides is 2. The standard InChI is InChI=1S/C23H36N2O4S/c1-16(2)24-22(27)20-9-7-8-19(17(20)3)14-21(26)25-12-10-18(11-13-25)15-30(28,29)23(4,5)6/h7-9,16,18H,10-15H2,1-6H3,(H,24,27). The van der Waals surface area contributed by atoms with Gasteiger partial charge >= 0.3 is 0 Å². The van der Waals surface area contributed by atoms with Gasteiger partial charge < -0.3 is 10.2 Å². The van der Waals surface area contributed by atoms with Crippen molar-refractivity contribution in [3.8, 4) is 0 Å². The first-order chi connectivity index (χ1) is 13.8. The van der Waals surface area contributed by atoms with Crippen molar-refractivity contribution in [1.29, 1.82) is 0 Å². The molecule has 7 heteroatoms. The molecule has 0 aromatic heterocycles. The molecule has 1 aromatic rings. The molecule has 1 heterocycles. The fraction of sp³-hybridized carbons (Fsp3) is 0.652. The van der Waals surface area contributed by atoms with Crippen LogP contribution in [0.4, 0.5) is 0 Å². The highest BCUT2D eigenvalue weighted by molar-refractivity contribution is 7.92. The highest BCUT2D eigenvalue weighted by atomic mass is 32.2. The summed E-state index contributed by atoms with van der Waals surface area (Å²) < 4.78 is 24.2. The van der Waals surface area contributed by atoms with Crippen LogP contribution in [0.3, 0.4) is 0 Å². The average molecular weight is 437 g/mol. The number of benzene rings is 1. The van der Waals surface area contributed by atoms with Crippen molar-refractivity contribution in [3.05, 3.63) is 34.9 Å². The number of piperidine rings is 1. The average Bonchev–Trinajstić information content (AvgIpc) is 2.62. The Morgan fingerprint density at radius 2 is 1.77 bits per heavy atom. The maximum Gasteiger partial charge on any atom is 0.251 e. The van der Waals surface area contributed by atoms with Crippen molar-refractivity contribution in [2.24, 2.45) is 5.92 Å². The predicted octanol–water partition coefficient (Wildman–Crippen LogP) is 3.13. The van der Waals surface area contributed by atoms with Crippen molar-refractivity contribution >= 4 is 21.7 Å². The van der Waals surface area contributed by atoms with Crippen molar-refractivity contribution in [2.75, 3.05) is 18.8 Å². The van der Waals surface area contributed by atoms with Crippen molar-refractivity contribution < 1.29 is 18.0 Å². The lowest BCUT2D eigenvalue weighted by Gasteiger charge is -2.33. The molecule has 0 aliphatic carbocycles. The molecule has 2 amide bonds. The molecule has 1 N–H and O–H groups in total. The summed E-state index contributed by atoms with van der Waals surface area (Å²) in [7, 11) is -3.15. The smallest absolute Gasteiger partial charge is 0.251 e. The van der Waals surface area contributed by atoms with Crippen LogP contribution in [0.1, 0.15) is 68.9 Å². The van der Waals surface area contributed by atoms with Gasteiger partial charge in [-0.3, -0.25) is 9.59 Å². The summed E-state index contributed by atoms with van der Waals surface area (Å²) in [5, 5.41) is 2.89. The largest absolute Gasteiger partial charge is 0.350 e. The lowest BCUT2D eigenvalue weighted by molar-refractivity contribution is -0.131. The van der Waals surface area contributed by atoms with Crippen molar-refractivity contribution in [2.45, 2.75) is 71.6 Å². The highest BCUT2D eigenvalue weighted by Crippen LogP contribution is 2.25. The molecule has 6 nitrogen and oxygen atoms in total. The van der Waals surface area contributed by atoms with Crippen LogP contribution < -0.4 is 5.32 Å². The molecular weight excluding hydrogens is 400 g/mol. The quantitative estimate of drug-likeness (QED) is 0.743. The summed E-state index contributed by atoms with van der Waals surface area (Å²) in [4.78, 5) is 27.0. The summed E-state index contributed by atoms with van der Waals surface area (Å²) in [5.41, 5.74) is 2.28. The van der Waals surface area contributed by atoms with Crippen LogP contribution in [0, 0.1) is 12.8 Å². The molecule has 1 fully saturated rings. The molecule has 1 aliphatic rings. The van der Waals surface area contributed by atoms with Gasteiger partial charge in [0.1, 0.15) is 0 Å². The van der Waals surface area contributed by atoms with E-state index in [1.165, 1.54) is 0 Å². The van der Waals surface area contributed by atoms with E-state index in [-0.39, 0.29) is 35.9 Å². The van der Waals surface area contributed by atoms with Gasteiger partial charge in [-0.1, -0.05) is 12.1 Å². The molecule has 1 saturated heterocycles. The molecule has 0 spiro atoms. The second-order valence-electron chi connectivity index (χ2n) is 9.61. The van der Waals surface area contributed by atoms with Gasteiger partial charge in [0.05, 0.1) is 16.9 Å². The topological polar surface area (TPSA) is 83.6 Å². The maximum atomic E-state index is 12.8. The number of sulfone groups is 1. The second kappa shape index (κ2) is 9.50. The molecule has 0 bridgehead atoms. The Kier molecular flexibility index (Phi) is 7.72. The first-order valence-corrected chi connectivity index (χ1v) is 12.4. The molecule has 0 saturated carbocycles. The predicted molar refractivity (Wildman–Crippen MR) is 120 cm³/mol. The van der Waals surface area contributed by atoms with Gasteiger partial charge in [0.15, 0.2) is 9.84 Å². The SMILES string of the molecule is Cc1c(CC(=O)N2CCC(CS(=O)(=O)C(C)(C)C)CC2)cccc1C(=O)NC(C)C. The molecule has 2 rings (SSSR count). The first kappa shape index (κ1) is 24.4. The summed E-state index contributed by atoms with van der Waals surface area (Å²) in [6.07, 6.45) is 1.66. The third kappa shape index (κ3) is 6.06. The monoisotopic (exact) mass is 436 g/mol. The van der Waals surface area contributed by atoms with Crippen LogP contribution in [0.2, 0.25) is 0 Å². The van der Waals surface area contributed by atoms with E-state index in [0.717, 1.165) is 11.1 Å². The zero-order valence-corrected chi connectivity index (χ0v) is 19.9. The highest BCUT2D eigenvalue weighted by Gasteiger charge is 2.33. The van der Waals surface area contributed by atoms with E-state index >= 15 is 0 Å². The Bertz CT molecular complexity index is 877. The van der Waals surface area contributed by atoms with Crippen LogP contribution in [0.25, 0.3) is 0 Å². The zero-order valence-electron chi connectivity index (χ0n) is 19.1. The number of rotatable bonds is 6. The maximum absolute atomic E-state index is 12.8. The number of hydrogen-bond donors (Lipinski definition) is 1. The fourth-order valence-corrected chi connectivity index (χ4v) is 5.10. The lowest BCUT2D eigenvalue weighted by Crippen LogP contribution is -2.42. The van der Waals surface area contributed by atoms with Gasteiger partial charge in [-0.15, -0.1) is 0 Å². The van der Waals surface area contributed by atoms with E-state index in [4.69, 9.17) is 0 Å². The van der Waals surface area contributed by atoms with Crippen molar-refractivity contribution in [1.82, 2.24) is 10.2 Å². The Balaban J connectivity index is 1.98. The Morgan fingerprint density at radius 1 is 1.17 bits per heavy atom. The fourth-order valence-electron chi connectivity index (χ4n) is 3.64. The summed E-state index contributed by atoms with van der Waals surface area (Å²) in [5.74, 6) is 0.183. The number of carbonyl (C=O) groups is 2. The lowest BCUT2D eigenvalue weighted by atomic mass is 9.96. The van der Waals surface area contributed by atoms with E-state index < -0.39 is 14.6 Å². The molecule has 1 aromatic carbocycles. The molecule has 0 radical (unpaired) electrons. The zero-order chi connectivity index (χ0) is 22.7. The molecule has 0 atom stereocenters. The van der Waals surface area contributed by atoms with Crippen LogP contribution in [-0.2, 0) is 21.1 Å². The van der Waals surface area contributed by atoms with Gasteiger partial charge in [-0.25, -0.2) is 8.42 Å². The van der Waals surface area contributed by atoms with E-state index in [2.05, 4.69) is 5.32 Å². The van der Waals surface area contributed by atoms with Crippen LogP contribution >= 0.6 is 0 Å². The number of nitrogens with zero attached hydrogens (tertiary/aromatic N) is 1. The Hall–Kier alpha value is -1.89. The van der Waals surface area contributed by atoms with E-state index in [9.17, 15) is 18.0 Å². The number of carbonyl (C=O) groups excluding carboxylic acids is 2. The molecule has 1 aliphatic heterocycles. The number of hydrogen-bond acceptors (Lipinski definition) is 4. The molecule has 168 valence electrons. The van der Waals surface area contributed by atoms with Gasteiger partial charge in [0.25, 0.3) is 5.91 Å². The van der Waals surface area contributed by atoms with E-state index in [0.29, 0.717) is 31.5 Å². The Labute approximate surface area is 181 Å². The van der Waals surface area contributed by atoms with Gasteiger partial charge in [0, 0.05) is 24.7 Å². The third-order valence-electron chi connectivity index (χ3n) is 5.81. The van der Waals surface area contributed by atoms with Gasteiger partial charge in [0.2, 0.25) is 5.91 Å². The normalized spacial score (nSPS) is 16.0. The van der Waals surface area contributed by atoms with Gasteiger partial charge in [-0.2, -0.15) is 0 Å². The Morgan fingerprint density at radius 3 is 2.30 bits per heavy atom. The van der Waals surface area contributed by atoms with E-state index in [1.807, 2.05) is 37.8 Å². The number of likely N-dealkylation sites (tertiary alicyclic amines) is 1. The third-order valence-corrected chi connectivity index (χ3v) is 8.58.